The Labute approximate surface area is 197 Å². The summed E-state index contributed by atoms with van der Waals surface area (Å²) in [5.74, 6) is -1.11. The van der Waals surface area contributed by atoms with E-state index in [9.17, 15) is 15.0 Å². The number of aromatic nitrogens is 2. The molecular formula is C27H26N4O3. The van der Waals surface area contributed by atoms with E-state index in [1.807, 2.05) is 30.3 Å². The van der Waals surface area contributed by atoms with Crippen LogP contribution in [0.3, 0.4) is 0 Å². The molecule has 34 heavy (non-hydrogen) atoms. The van der Waals surface area contributed by atoms with Crippen LogP contribution in [0.25, 0.3) is 10.9 Å². The monoisotopic (exact) mass is 454 g/mol. The molecule has 0 unspecified atom stereocenters. The number of aromatic carboxylic acids is 1. The van der Waals surface area contributed by atoms with Gasteiger partial charge in [0.25, 0.3) is 0 Å². The van der Waals surface area contributed by atoms with Crippen LogP contribution in [-0.4, -0.2) is 49.9 Å². The lowest BCUT2D eigenvalue weighted by Gasteiger charge is -2.26. The van der Waals surface area contributed by atoms with E-state index in [-0.39, 0.29) is 11.4 Å². The van der Waals surface area contributed by atoms with Crippen molar-refractivity contribution in [2.24, 2.45) is 4.99 Å². The molecule has 1 aliphatic heterocycles. The predicted octanol–water partition coefficient (Wildman–Crippen LogP) is 5.12. The van der Waals surface area contributed by atoms with E-state index in [4.69, 9.17) is 4.99 Å². The molecule has 0 aliphatic carbocycles. The molecule has 0 atom stereocenters. The molecule has 5 rings (SSSR count). The second-order valence-electron chi connectivity index (χ2n) is 8.59. The Morgan fingerprint density at radius 2 is 1.82 bits per heavy atom. The number of nitrogens with one attached hydrogen (secondary N) is 1. The Bertz CT molecular complexity index is 1340. The maximum atomic E-state index is 11.5. The molecule has 172 valence electrons. The highest BCUT2D eigenvalue weighted by Crippen LogP contribution is 2.32. The lowest BCUT2D eigenvalue weighted by Crippen LogP contribution is -2.28. The number of carbonyl (C=O) groups is 1. The molecule has 1 fully saturated rings. The summed E-state index contributed by atoms with van der Waals surface area (Å²) in [5, 5.41) is 20.8. The summed E-state index contributed by atoms with van der Waals surface area (Å²) in [7, 11) is 0. The minimum atomic E-state index is -1.03. The number of aromatic hydroxyl groups is 1. The molecule has 0 radical (unpaired) electrons. The third kappa shape index (κ3) is 4.56. The van der Waals surface area contributed by atoms with Crippen molar-refractivity contribution in [2.75, 3.05) is 13.1 Å². The van der Waals surface area contributed by atoms with Gasteiger partial charge in [-0.2, -0.15) is 0 Å². The SMILES string of the molecule is O=C(O)c1ccc2[nH]c(O)c(C(=Nc3ccc(CN4CCCCC4)cc3)c3ccccn3)c2c1. The second-order valence-corrected chi connectivity index (χ2v) is 8.59. The van der Waals surface area contributed by atoms with E-state index in [1.165, 1.54) is 30.9 Å². The van der Waals surface area contributed by atoms with Gasteiger partial charge >= 0.3 is 5.97 Å². The number of H-pyrrole nitrogens is 1. The van der Waals surface area contributed by atoms with E-state index in [0.29, 0.717) is 27.9 Å². The van der Waals surface area contributed by atoms with E-state index in [1.54, 1.807) is 18.3 Å². The van der Waals surface area contributed by atoms with Gasteiger partial charge in [0, 0.05) is 23.6 Å². The van der Waals surface area contributed by atoms with Crippen molar-refractivity contribution < 1.29 is 15.0 Å². The first-order valence-corrected chi connectivity index (χ1v) is 11.5. The fourth-order valence-corrected chi connectivity index (χ4v) is 4.48. The highest BCUT2D eigenvalue weighted by molar-refractivity contribution is 6.21. The number of rotatable bonds is 6. The van der Waals surface area contributed by atoms with Crippen molar-refractivity contribution in [1.82, 2.24) is 14.9 Å². The number of hydrogen-bond acceptors (Lipinski definition) is 5. The Hall–Kier alpha value is -3.97. The molecule has 0 saturated carbocycles. The molecule has 2 aromatic carbocycles. The minimum absolute atomic E-state index is 0.0799. The third-order valence-corrected chi connectivity index (χ3v) is 6.20. The van der Waals surface area contributed by atoms with Crippen LogP contribution in [0.4, 0.5) is 5.69 Å². The first-order valence-electron chi connectivity index (χ1n) is 11.5. The van der Waals surface area contributed by atoms with Gasteiger partial charge in [0.05, 0.1) is 22.5 Å². The molecule has 2 aromatic heterocycles. The smallest absolute Gasteiger partial charge is 0.335 e. The first kappa shape index (κ1) is 21.9. The van der Waals surface area contributed by atoms with Crippen LogP contribution >= 0.6 is 0 Å². The van der Waals surface area contributed by atoms with E-state index in [2.05, 4.69) is 27.0 Å². The molecule has 1 aliphatic rings. The average Bonchev–Trinajstić information content (AvgIpc) is 3.19. The van der Waals surface area contributed by atoms with Crippen LogP contribution in [-0.2, 0) is 6.54 Å². The van der Waals surface area contributed by atoms with Crippen molar-refractivity contribution in [1.29, 1.82) is 0 Å². The molecule has 7 nitrogen and oxygen atoms in total. The number of piperidine rings is 1. The summed E-state index contributed by atoms with van der Waals surface area (Å²) in [6, 6.07) is 18.3. The molecule has 7 heteroatoms. The zero-order valence-corrected chi connectivity index (χ0v) is 18.7. The fraction of sp³-hybridized carbons (Fsp3) is 0.222. The van der Waals surface area contributed by atoms with Crippen LogP contribution in [0.1, 0.15) is 46.4 Å². The Morgan fingerprint density at radius 1 is 1.03 bits per heavy atom. The zero-order chi connectivity index (χ0) is 23.5. The number of likely N-dealkylation sites (tertiary alicyclic amines) is 1. The number of hydrogen-bond donors (Lipinski definition) is 3. The van der Waals surface area contributed by atoms with Crippen molar-refractivity contribution in [2.45, 2.75) is 25.8 Å². The number of nitrogens with zero attached hydrogens (tertiary/aromatic N) is 3. The normalized spacial score (nSPS) is 15.0. The molecule has 0 amide bonds. The van der Waals surface area contributed by atoms with Gasteiger partial charge in [0.15, 0.2) is 5.88 Å². The molecule has 0 bridgehead atoms. The van der Waals surface area contributed by atoms with Crippen LogP contribution < -0.4 is 0 Å². The van der Waals surface area contributed by atoms with Gasteiger partial charge in [-0.1, -0.05) is 24.6 Å². The van der Waals surface area contributed by atoms with Crippen LogP contribution in [0.5, 0.6) is 5.88 Å². The molecular weight excluding hydrogens is 428 g/mol. The molecule has 4 aromatic rings. The molecule has 1 saturated heterocycles. The van der Waals surface area contributed by atoms with Crippen molar-refractivity contribution >= 4 is 28.3 Å². The minimum Gasteiger partial charge on any atom is -0.494 e. The summed E-state index contributed by atoms with van der Waals surface area (Å²) < 4.78 is 0. The quantitative estimate of drug-likeness (QED) is 0.351. The Morgan fingerprint density at radius 3 is 2.53 bits per heavy atom. The van der Waals surface area contributed by atoms with Gasteiger partial charge in [-0.05, 0) is 74.0 Å². The summed E-state index contributed by atoms with van der Waals surface area (Å²) in [4.78, 5) is 26.3. The van der Waals surface area contributed by atoms with Gasteiger partial charge in [-0.15, -0.1) is 0 Å². The van der Waals surface area contributed by atoms with Crippen molar-refractivity contribution in [3.63, 3.8) is 0 Å². The number of benzene rings is 2. The van der Waals surface area contributed by atoms with Gasteiger partial charge in [0.1, 0.15) is 5.71 Å². The topological polar surface area (TPSA) is 102 Å². The van der Waals surface area contributed by atoms with Crippen LogP contribution in [0.15, 0.2) is 71.9 Å². The third-order valence-electron chi connectivity index (χ3n) is 6.20. The standard InChI is InChI=1S/C27H26N4O3/c32-26-24(21-16-19(27(33)34)9-12-22(21)30-26)25(23-6-2-3-13-28-23)29-20-10-7-18(8-11-20)17-31-14-4-1-5-15-31/h2-3,6-13,16,30,32H,1,4-5,14-15,17H2,(H,33,34). The predicted molar refractivity (Wildman–Crippen MR) is 132 cm³/mol. The van der Waals surface area contributed by atoms with Gasteiger partial charge in [0.2, 0.25) is 0 Å². The van der Waals surface area contributed by atoms with Gasteiger partial charge in [-0.25, -0.2) is 9.79 Å². The zero-order valence-electron chi connectivity index (χ0n) is 18.7. The molecule has 3 heterocycles. The van der Waals surface area contributed by atoms with Crippen LogP contribution in [0.2, 0.25) is 0 Å². The van der Waals surface area contributed by atoms with E-state index in [0.717, 1.165) is 25.3 Å². The number of aromatic amines is 1. The number of aliphatic imine (C=N–C) groups is 1. The van der Waals surface area contributed by atoms with Crippen molar-refractivity contribution in [3.8, 4) is 5.88 Å². The van der Waals surface area contributed by atoms with Crippen LogP contribution in [0, 0.1) is 0 Å². The largest absolute Gasteiger partial charge is 0.494 e. The number of carboxylic acid groups (broad SMARTS) is 1. The Kier molecular flexibility index (Phi) is 6.10. The summed E-state index contributed by atoms with van der Waals surface area (Å²) >= 11 is 0. The van der Waals surface area contributed by atoms with E-state index < -0.39 is 5.97 Å². The van der Waals surface area contributed by atoms with Gasteiger partial charge in [-0.3, -0.25) is 9.88 Å². The Balaban J connectivity index is 1.56. The number of pyridine rings is 1. The number of fused-ring (bicyclic) bond motifs is 1. The molecule has 3 N–H and O–H groups in total. The summed E-state index contributed by atoms with van der Waals surface area (Å²) in [6.45, 7) is 3.21. The number of carboxylic acids is 1. The average molecular weight is 455 g/mol. The van der Waals surface area contributed by atoms with Gasteiger partial charge < -0.3 is 15.2 Å². The highest BCUT2D eigenvalue weighted by Gasteiger charge is 2.21. The first-order chi connectivity index (χ1) is 16.6. The molecule has 0 spiro atoms. The lowest BCUT2D eigenvalue weighted by atomic mass is 10.0. The van der Waals surface area contributed by atoms with Crippen molar-refractivity contribution in [3.05, 3.63) is 89.2 Å². The summed E-state index contributed by atoms with van der Waals surface area (Å²) in [5.41, 5.74) is 4.20. The highest BCUT2D eigenvalue weighted by atomic mass is 16.4. The van der Waals surface area contributed by atoms with E-state index >= 15 is 0 Å². The maximum Gasteiger partial charge on any atom is 0.335 e. The maximum absolute atomic E-state index is 11.5. The summed E-state index contributed by atoms with van der Waals surface area (Å²) in [6.07, 6.45) is 5.50. The lowest BCUT2D eigenvalue weighted by molar-refractivity contribution is 0.0697. The second kappa shape index (κ2) is 9.49. The fourth-order valence-electron chi connectivity index (χ4n) is 4.48.